The van der Waals surface area contributed by atoms with Crippen LogP contribution in [-0.2, 0) is 9.53 Å². The molecule has 1 fully saturated rings. The molecule has 1 rings (SSSR count). The predicted molar refractivity (Wildman–Crippen MR) is 60.1 cm³/mol. The van der Waals surface area contributed by atoms with Crippen molar-refractivity contribution < 1.29 is 22.7 Å². The lowest BCUT2D eigenvalue weighted by Gasteiger charge is -2.33. The highest BCUT2D eigenvalue weighted by Gasteiger charge is 2.27. The van der Waals surface area contributed by atoms with Gasteiger partial charge in [0, 0.05) is 26.2 Å². The summed E-state index contributed by atoms with van der Waals surface area (Å²) in [6, 6.07) is 2.03. The van der Waals surface area contributed by atoms with E-state index in [1.54, 1.807) is 4.90 Å². The summed E-state index contributed by atoms with van der Waals surface area (Å²) in [4.78, 5) is 15.2. The van der Waals surface area contributed by atoms with E-state index in [1.807, 2.05) is 11.0 Å². The molecule has 0 radical (unpaired) electrons. The average Bonchev–Trinajstić information content (AvgIpc) is 2.34. The summed E-state index contributed by atoms with van der Waals surface area (Å²) < 4.78 is 39.8. The van der Waals surface area contributed by atoms with Crippen molar-refractivity contribution in [2.75, 3.05) is 45.9 Å². The lowest BCUT2D eigenvalue weighted by molar-refractivity contribution is -0.175. The van der Waals surface area contributed by atoms with Crippen LogP contribution < -0.4 is 0 Å². The van der Waals surface area contributed by atoms with Crippen molar-refractivity contribution in [3.8, 4) is 6.07 Å². The van der Waals surface area contributed by atoms with Gasteiger partial charge >= 0.3 is 6.18 Å². The van der Waals surface area contributed by atoms with Crippen LogP contribution in [0, 0.1) is 11.3 Å². The molecule has 8 heteroatoms. The topological polar surface area (TPSA) is 56.6 Å². The van der Waals surface area contributed by atoms with Crippen molar-refractivity contribution in [2.45, 2.75) is 12.6 Å². The van der Waals surface area contributed by atoms with Crippen molar-refractivity contribution in [1.29, 1.82) is 5.26 Å². The average molecular weight is 279 g/mol. The number of carbonyl (C=O) groups is 1. The van der Waals surface area contributed by atoms with Crippen LogP contribution in [-0.4, -0.2) is 67.8 Å². The summed E-state index contributed by atoms with van der Waals surface area (Å²) >= 11 is 0. The normalized spacial score (nSPS) is 17.3. The van der Waals surface area contributed by atoms with Gasteiger partial charge < -0.3 is 9.64 Å². The molecule has 1 amide bonds. The van der Waals surface area contributed by atoms with Gasteiger partial charge in [-0.25, -0.2) is 0 Å². The highest BCUT2D eigenvalue weighted by Crippen LogP contribution is 2.14. The van der Waals surface area contributed by atoms with Crippen molar-refractivity contribution in [3.05, 3.63) is 0 Å². The number of ether oxygens (including phenoxy) is 1. The highest BCUT2D eigenvalue weighted by molar-refractivity contribution is 5.76. The van der Waals surface area contributed by atoms with Gasteiger partial charge in [-0.15, -0.1) is 0 Å². The minimum atomic E-state index is -4.36. The zero-order chi connectivity index (χ0) is 14.3. The van der Waals surface area contributed by atoms with Gasteiger partial charge in [0.15, 0.2) is 0 Å². The highest BCUT2D eigenvalue weighted by atomic mass is 19.4. The number of nitrogens with zero attached hydrogens (tertiary/aromatic N) is 3. The number of hydrogen-bond donors (Lipinski definition) is 0. The molecule has 0 bridgehead atoms. The molecule has 0 atom stereocenters. The summed E-state index contributed by atoms with van der Waals surface area (Å²) in [6.45, 7) is 1.01. The Bertz CT molecular complexity index is 333. The van der Waals surface area contributed by atoms with Crippen molar-refractivity contribution in [3.63, 3.8) is 0 Å². The number of piperazine rings is 1. The smallest absolute Gasteiger partial charge is 0.372 e. The first-order valence-corrected chi connectivity index (χ1v) is 5.94. The van der Waals surface area contributed by atoms with E-state index >= 15 is 0 Å². The molecule has 0 aromatic carbocycles. The molecule has 0 unspecified atom stereocenters. The maximum Gasteiger partial charge on any atom is 0.411 e. The van der Waals surface area contributed by atoms with Crippen LogP contribution in [0.2, 0.25) is 0 Å². The number of rotatable bonds is 5. The van der Waals surface area contributed by atoms with Gasteiger partial charge in [-0.05, 0) is 0 Å². The molecule has 0 aliphatic carbocycles. The van der Waals surface area contributed by atoms with Gasteiger partial charge in [-0.2, -0.15) is 18.4 Å². The monoisotopic (exact) mass is 279 g/mol. The van der Waals surface area contributed by atoms with E-state index < -0.39 is 12.8 Å². The minimum Gasteiger partial charge on any atom is -0.372 e. The number of hydrogen-bond acceptors (Lipinski definition) is 4. The van der Waals surface area contributed by atoms with Gasteiger partial charge in [0.1, 0.15) is 6.61 Å². The first-order chi connectivity index (χ1) is 8.92. The number of amides is 1. The molecule has 1 heterocycles. The third kappa shape index (κ3) is 6.40. The van der Waals surface area contributed by atoms with Gasteiger partial charge in [-0.3, -0.25) is 9.69 Å². The second-order valence-corrected chi connectivity index (χ2v) is 4.23. The molecular weight excluding hydrogens is 263 g/mol. The Kier molecular flexibility index (Phi) is 6.05. The number of carbonyl (C=O) groups excluding carboxylic acids is 1. The maximum atomic E-state index is 11.8. The van der Waals surface area contributed by atoms with Crippen LogP contribution in [0.3, 0.4) is 0 Å². The predicted octanol–water partition coefficient (Wildman–Crippen LogP) is 0.623. The van der Waals surface area contributed by atoms with Crippen molar-refractivity contribution >= 4 is 5.91 Å². The van der Waals surface area contributed by atoms with Crippen LogP contribution in [0.15, 0.2) is 0 Å². The fourth-order valence-electron chi connectivity index (χ4n) is 1.76. The quantitative estimate of drug-likeness (QED) is 0.547. The largest absolute Gasteiger partial charge is 0.411 e. The van der Waals surface area contributed by atoms with Crippen molar-refractivity contribution in [1.82, 2.24) is 9.80 Å². The van der Waals surface area contributed by atoms with Gasteiger partial charge in [0.05, 0.1) is 25.6 Å². The van der Waals surface area contributed by atoms with E-state index in [2.05, 4.69) is 4.74 Å². The second kappa shape index (κ2) is 7.31. The first-order valence-electron chi connectivity index (χ1n) is 5.94. The standard InChI is InChI=1S/C11H16F3N3O2/c12-11(13,14)9-19-8-1-10(18)17-6-4-16(3-2-15)5-7-17/h1,3-9H2. The Balaban J connectivity index is 2.16. The Morgan fingerprint density at radius 3 is 2.42 bits per heavy atom. The van der Waals surface area contributed by atoms with E-state index in [0.29, 0.717) is 32.7 Å². The molecule has 5 nitrogen and oxygen atoms in total. The fraction of sp³-hybridized carbons (Fsp3) is 0.818. The minimum absolute atomic E-state index is 0.0473. The third-order valence-corrected chi connectivity index (χ3v) is 2.75. The molecule has 1 aliphatic heterocycles. The van der Waals surface area contributed by atoms with Crippen molar-refractivity contribution in [2.24, 2.45) is 0 Å². The summed E-state index contributed by atoms with van der Waals surface area (Å²) in [5, 5.41) is 8.52. The number of nitriles is 1. The lowest BCUT2D eigenvalue weighted by Crippen LogP contribution is -2.48. The lowest BCUT2D eigenvalue weighted by atomic mass is 10.3. The summed E-state index contributed by atoms with van der Waals surface area (Å²) in [7, 11) is 0. The Morgan fingerprint density at radius 2 is 1.89 bits per heavy atom. The second-order valence-electron chi connectivity index (χ2n) is 4.23. The molecule has 108 valence electrons. The fourth-order valence-corrected chi connectivity index (χ4v) is 1.76. The Morgan fingerprint density at radius 1 is 1.26 bits per heavy atom. The van der Waals surface area contributed by atoms with Crippen LogP contribution in [0.1, 0.15) is 6.42 Å². The third-order valence-electron chi connectivity index (χ3n) is 2.75. The summed E-state index contributed by atoms with van der Waals surface area (Å²) in [5.41, 5.74) is 0. The van der Waals surface area contributed by atoms with E-state index in [0.717, 1.165) is 0 Å². The molecule has 1 saturated heterocycles. The van der Waals surface area contributed by atoms with Gasteiger partial charge in [-0.1, -0.05) is 0 Å². The molecular formula is C11H16F3N3O2. The van der Waals surface area contributed by atoms with Crippen LogP contribution in [0.5, 0.6) is 0 Å². The zero-order valence-electron chi connectivity index (χ0n) is 10.4. The zero-order valence-corrected chi connectivity index (χ0v) is 10.4. The van der Waals surface area contributed by atoms with E-state index in [1.165, 1.54) is 0 Å². The molecule has 0 N–H and O–H groups in total. The molecule has 0 spiro atoms. The van der Waals surface area contributed by atoms with E-state index in [9.17, 15) is 18.0 Å². The maximum absolute atomic E-state index is 11.8. The van der Waals surface area contributed by atoms with E-state index in [4.69, 9.17) is 5.26 Å². The van der Waals surface area contributed by atoms with E-state index in [-0.39, 0.29) is 18.9 Å². The molecule has 0 saturated carbocycles. The van der Waals surface area contributed by atoms with Crippen LogP contribution in [0.25, 0.3) is 0 Å². The van der Waals surface area contributed by atoms with Crippen LogP contribution >= 0.6 is 0 Å². The summed E-state index contributed by atoms with van der Waals surface area (Å²) in [5.74, 6) is -0.209. The molecule has 0 aromatic heterocycles. The molecule has 0 aromatic rings. The number of alkyl halides is 3. The molecule has 1 aliphatic rings. The Hall–Kier alpha value is -1.33. The SMILES string of the molecule is N#CCN1CCN(C(=O)CCOCC(F)(F)F)CC1. The van der Waals surface area contributed by atoms with Gasteiger partial charge in [0.25, 0.3) is 0 Å². The summed E-state index contributed by atoms with van der Waals surface area (Å²) in [6.07, 6.45) is -4.40. The van der Waals surface area contributed by atoms with Gasteiger partial charge in [0.2, 0.25) is 5.91 Å². The Labute approximate surface area is 109 Å². The first kappa shape index (κ1) is 15.7. The van der Waals surface area contributed by atoms with Crippen LogP contribution in [0.4, 0.5) is 13.2 Å². The number of halogens is 3. The molecule has 19 heavy (non-hydrogen) atoms.